The van der Waals surface area contributed by atoms with Crippen molar-refractivity contribution in [2.24, 2.45) is 0 Å². The second kappa shape index (κ2) is 7.78. The molecule has 2 N–H and O–H groups in total. The van der Waals surface area contributed by atoms with E-state index in [1.807, 2.05) is 24.3 Å². The number of nitrogens with zero attached hydrogens (tertiary/aromatic N) is 3. The van der Waals surface area contributed by atoms with Crippen LogP contribution in [-0.2, 0) is 11.3 Å². The quantitative estimate of drug-likeness (QED) is 0.525. The number of ether oxygens (including phenoxy) is 1. The molecular formula is C20H19N5O3S. The lowest BCUT2D eigenvalue weighted by atomic mass is 10.2. The molecule has 9 heteroatoms. The molecule has 0 spiro atoms. The first kappa shape index (κ1) is 18.0. The number of thiazole rings is 1. The molecule has 5 rings (SSSR count). The van der Waals surface area contributed by atoms with Gasteiger partial charge in [-0.25, -0.2) is 9.97 Å². The summed E-state index contributed by atoms with van der Waals surface area (Å²) in [6.45, 7) is 4.10. The van der Waals surface area contributed by atoms with Gasteiger partial charge in [-0.1, -0.05) is 0 Å². The smallest absolute Gasteiger partial charge is 0.267 e. The van der Waals surface area contributed by atoms with Gasteiger partial charge in [-0.2, -0.15) is 0 Å². The summed E-state index contributed by atoms with van der Waals surface area (Å²) in [5.41, 5.74) is 2.48. The Hall–Kier alpha value is -3.01. The molecule has 0 radical (unpaired) electrons. The highest BCUT2D eigenvalue weighted by atomic mass is 32.1. The number of rotatable bonds is 5. The minimum Gasteiger partial charge on any atom is -0.462 e. The Labute approximate surface area is 170 Å². The standard InChI is InChI=1S/C20H19N5O3S/c26-19(17-11-21-20(29-17)16-2-1-7-28-16)22-13-3-4-14-15(10-13)24-18(23-14)12-25-5-8-27-9-6-25/h1-4,7,10-11H,5-6,8-9,12H2,(H,22,26)(H,23,24). The highest BCUT2D eigenvalue weighted by Gasteiger charge is 2.15. The number of carbonyl (C=O) groups excluding carboxylic acids is 1. The molecule has 1 aliphatic heterocycles. The number of morpholine rings is 1. The molecule has 0 aliphatic carbocycles. The van der Waals surface area contributed by atoms with Crippen molar-refractivity contribution in [3.8, 4) is 10.8 Å². The Morgan fingerprint density at radius 3 is 3.00 bits per heavy atom. The molecule has 1 fully saturated rings. The van der Waals surface area contributed by atoms with E-state index in [1.54, 1.807) is 18.5 Å². The van der Waals surface area contributed by atoms with E-state index in [4.69, 9.17) is 9.15 Å². The Bertz CT molecular complexity index is 1130. The van der Waals surface area contributed by atoms with Crippen LogP contribution in [0.2, 0.25) is 0 Å². The monoisotopic (exact) mass is 409 g/mol. The Kier molecular flexibility index (Phi) is 4.84. The summed E-state index contributed by atoms with van der Waals surface area (Å²) < 4.78 is 10.7. The third-order valence-electron chi connectivity index (χ3n) is 4.73. The third-order valence-corrected chi connectivity index (χ3v) is 5.74. The molecule has 8 nitrogen and oxygen atoms in total. The fourth-order valence-electron chi connectivity index (χ4n) is 3.27. The lowest BCUT2D eigenvalue weighted by molar-refractivity contribution is 0.0332. The molecule has 0 saturated carbocycles. The van der Waals surface area contributed by atoms with Crippen LogP contribution in [0, 0.1) is 0 Å². The fraction of sp³-hybridized carbons (Fsp3) is 0.250. The summed E-state index contributed by atoms with van der Waals surface area (Å²) in [6.07, 6.45) is 3.15. The van der Waals surface area contributed by atoms with Gasteiger partial charge in [0.25, 0.3) is 5.91 Å². The SMILES string of the molecule is O=C(Nc1ccc2nc(CN3CCOCC3)[nH]c2c1)c1cnc(-c2ccco2)s1. The summed E-state index contributed by atoms with van der Waals surface area (Å²) in [4.78, 5) is 27.7. The van der Waals surface area contributed by atoms with Crippen LogP contribution in [0.15, 0.2) is 47.2 Å². The highest BCUT2D eigenvalue weighted by molar-refractivity contribution is 7.17. The second-order valence-corrected chi connectivity index (χ2v) is 7.80. The van der Waals surface area contributed by atoms with Crippen molar-refractivity contribution < 1.29 is 13.9 Å². The summed E-state index contributed by atoms with van der Waals surface area (Å²) in [6, 6.07) is 9.28. The number of aromatic amines is 1. The van der Waals surface area contributed by atoms with E-state index in [9.17, 15) is 4.79 Å². The normalized spacial score (nSPS) is 15.0. The number of anilines is 1. The summed E-state index contributed by atoms with van der Waals surface area (Å²) in [5, 5.41) is 3.60. The van der Waals surface area contributed by atoms with Crippen LogP contribution in [0.5, 0.6) is 0 Å². The van der Waals surface area contributed by atoms with Crippen molar-refractivity contribution in [3.63, 3.8) is 0 Å². The average Bonchev–Trinajstić information content (AvgIpc) is 3.48. The van der Waals surface area contributed by atoms with Gasteiger partial charge in [0.05, 0.1) is 43.3 Å². The maximum Gasteiger partial charge on any atom is 0.267 e. The highest BCUT2D eigenvalue weighted by Crippen LogP contribution is 2.26. The molecule has 1 saturated heterocycles. The summed E-state index contributed by atoms with van der Waals surface area (Å²) >= 11 is 1.29. The maximum atomic E-state index is 12.6. The number of nitrogens with one attached hydrogen (secondary N) is 2. The van der Waals surface area contributed by atoms with Crippen LogP contribution in [0.3, 0.4) is 0 Å². The van der Waals surface area contributed by atoms with E-state index in [-0.39, 0.29) is 5.91 Å². The van der Waals surface area contributed by atoms with Crippen molar-refractivity contribution in [2.45, 2.75) is 6.54 Å². The van der Waals surface area contributed by atoms with Crippen molar-refractivity contribution in [1.29, 1.82) is 0 Å². The zero-order valence-corrected chi connectivity index (χ0v) is 16.4. The maximum absolute atomic E-state index is 12.6. The summed E-state index contributed by atoms with van der Waals surface area (Å²) in [7, 11) is 0. The van der Waals surface area contributed by atoms with Gasteiger partial charge < -0.3 is 19.5 Å². The average molecular weight is 409 g/mol. The van der Waals surface area contributed by atoms with Gasteiger partial charge in [0, 0.05) is 18.8 Å². The largest absolute Gasteiger partial charge is 0.462 e. The molecule has 1 aliphatic rings. The van der Waals surface area contributed by atoms with E-state index < -0.39 is 0 Å². The van der Waals surface area contributed by atoms with Crippen LogP contribution in [0.4, 0.5) is 5.69 Å². The molecule has 1 aromatic carbocycles. The zero-order chi connectivity index (χ0) is 19.6. The van der Waals surface area contributed by atoms with E-state index >= 15 is 0 Å². The number of imidazole rings is 1. The van der Waals surface area contributed by atoms with Crippen molar-refractivity contribution in [1.82, 2.24) is 19.9 Å². The van der Waals surface area contributed by atoms with Crippen LogP contribution in [-0.4, -0.2) is 52.1 Å². The molecule has 1 amide bonds. The molecule has 4 aromatic rings. The Morgan fingerprint density at radius 1 is 1.28 bits per heavy atom. The van der Waals surface area contributed by atoms with Gasteiger partial charge in [-0.05, 0) is 30.3 Å². The Balaban J connectivity index is 1.29. The van der Waals surface area contributed by atoms with Crippen molar-refractivity contribution in [3.05, 3.63) is 53.5 Å². The molecule has 0 bridgehead atoms. The lowest BCUT2D eigenvalue weighted by Gasteiger charge is -2.25. The van der Waals surface area contributed by atoms with Gasteiger partial charge >= 0.3 is 0 Å². The predicted octanol–water partition coefficient (Wildman–Crippen LogP) is 3.36. The zero-order valence-electron chi connectivity index (χ0n) is 15.6. The number of amides is 1. The first-order valence-electron chi connectivity index (χ1n) is 9.34. The third kappa shape index (κ3) is 3.93. The molecule has 29 heavy (non-hydrogen) atoms. The van der Waals surface area contributed by atoms with Crippen LogP contribution in [0.25, 0.3) is 21.8 Å². The van der Waals surface area contributed by atoms with Crippen molar-refractivity contribution in [2.75, 3.05) is 31.6 Å². The number of furan rings is 1. The van der Waals surface area contributed by atoms with E-state index in [1.165, 1.54) is 11.3 Å². The number of carbonyl (C=O) groups is 1. The minimum absolute atomic E-state index is 0.201. The predicted molar refractivity (Wildman–Crippen MR) is 110 cm³/mol. The molecule has 4 heterocycles. The second-order valence-electron chi connectivity index (χ2n) is 6.77. The van der Waals surface area contributed by atoms with Crippen LogP contribution < -0.4 is 5.32 Å². The molecule has 0 unspecified atom stereocenters. The van der Waals surface area contributed by atoms with Crippen molar-refractivity contribution >= 4 is 34.0 Å². The van der Waals surface area contributed by atoms with E-state index in [0.717, 1.165) is 49.7 Å². The molecular weight excluding hydrogens is 390 g/mol. The first-order valence-corrected chi connectivity index (χ1v) is 10.2. The number of hydrogen-bond acceptors (Lipinski definition) is 7. The molecule has 3 aromatic heterocycles. The van der Waals surface area contributed by atoms with E-state index in [2.05, 4.69) is 25.2 Å². The first-order chi connectivity index (χ1) is 14.2. The minimum atomic E-state index is -0.201. The van der Waals surface area contributed by atoms with Crippen LogP contribution >= 0.6 is 11.3 Å². The van der Waals surface area contributed by atoms with Gasteiger partial charge in [-0.15, -0.1) is 11.3 Å². The topological polar surface area (TPSA) is 96.3 Å². The fourth-order valence-corrected chi connectivity index (χ4v) is 4.05. The Morgan fingerprint density at radius 2 is 2.17 bits per heavy atom. The number of benzene rings is 1. The van der Waals surface area contributed by atoms with Gasteiger partial charge in [0.2, 0.25) is 0 Å². The summed E-state index contributed by atoms with van der Waals surface area (Å²) in [5.74, 6) is 1.37. The van der Waals surface area contributed by atoms with E-state index in [0.29, 0.717) is 21.3 Å². The van der Waals surface area contributed by atoms with Gasteiger partial charge in [0.1, 0.15) is 10.7 Å². The molecule has 0 atom stereocenters. The number of hydrogen-bond donors (Lipinski definition) is 2. The number of H-pyrrole nitrogens is 1. The van der Waals surface area contributed by atoms with Gasteiger partial charge in [-0.3, -0.25) is 9.69 Å². The number of fused-ring (bicyclic) bond motifs is 1. The lowest BCUT2D eigenvalue weighted by Crippen LogP contribution is -2.35. The van der Waals surface area contributed by atoms with Gasteiger partial charge in [0.15, 0.2) is 10.8 Å². The molecule has 148 valence electrons. The number of aromatic nitrogens is 3. The van der Waals surface area contributed by atoms with Crippen LogP contribution in [0.1, 0.15) is 15.5 Å².